The second-order valence-corrected chi connectivity index (χ2v) is 10.7. The molecule has 1 N–H and O–H groups in total. The molecule has 0 aliphatic carbocycles. The zero-order chi connectivity index (χ0) is 21.6. The molecule has 0 spiro atoms. The van der Waals surface area contributed by atoms with Gasteiger partial charge in [0, 0.05) is 5.56 Å². The number of hydrogen-bond acceptors (Lipinski definition) is 3. The molecule has 0 atom stereocenters. The summed E-state index contributed by atoms with van der Waals surface area (Å²) in [6.45, 7) is 6.43. The highest BCUT2D eigenvalue weighted by atomic mass is 28.3. The van der Waals surface area contributed by atoms with Gasteiger partial charge in [0.15, 0.2) is 6.61 Å². The highest BCUT2D eigenvalue weighted by Gasteiger charge is 2.20. The maximum atomic E-state index is 11.0. The maximum Gasteiger partial charge on any atom is 0.341 e. The van der Waals surface area contributed by atoms with Crippen molar-refractivity contribution in [3.63, 3.8) is 0 Å². The van der Waals surface area contributed by atoms with Gasteiger partial charge in [-0.2, -0.15) is 0 Å². The van der Waals surface area contributed by atoms with Crippen molar-refractivity contribution >= 4 is 25.4 Å². The first-order valence-electron chi connectivity index (χ1n) is 10.0. The Hall–Kier alpha value is -2.89. The van der Waals surface area contributed by atoms with Crippen LogP contribution >= 0.6 is 0 Å². The van der Waals surface area contributed by atoms with E-state index >= 15 is 0 Å². The number of carboxylic acids is 1. The molecular formula is C25H28O4Si. The molecule has 3 aromatic carbocycles. The van der Waals surface area contributed by atoms with Gasteiger partial charge in [-0.05, 0) is 33.5 Å². The summed E-state index contributed by atoms with van der Waals surface area (Å²) < 4.78 is 12.1. The highest BCUT2D eigenvalue weighted by molar-refractivity contribution is 6.80. The summed E-state index contributed by atoms with van der Waals surface area (Å²) >= 11 is 0. The Balaban J connectivity index is 1.91. The summed E-state index contributed by atoms with van der Waals surface area (Å²) in [4.78, 5) is 11.0. The number of ether oxygens (including phenoxy) is 1. The van der Waals surface area contributed by atoms with E-state index in [9.17, 15) is 4.79 Å². The third kappa shape index (κ3) is 5.81. The zero-order valence-corrected chi connectivity index (χ0v) is 18.8. The summed E-state index contributed by atoms with van der Waals surface area (Å²) in [5.41, 5.74) is 1.99. The fourth-order valence-electron chi connectivity index (χ4n) is 3.25. The van der Waals surface area contributed by atoms with Crippen LogP contribution < -0.4 is 15.1 Å². The summed E-state index contributed by atoms with van der Waals surface area (Å²) in [7, 11) is -1.91. The van der Waals surface area contributed by atoms with Crippen molar-refractivity contribution in [2.24, 2.45) is 0 Å². The van der Waals surface area contributed by atoms with Crippen LogP contribution in [-0.4, -0.2) is 26.7 Å². The van der Waals surface area contributed by atoms with E-state index in [4.69, 9.17) is 14.3 Å². The Morgan fingerprint density at radius 3 is 1.97 bits per heavy atom. The fourth-order valence-corrected chi connectivity index (χ4v) is 5.51. The maximum absolute atomic E-state index is 11.0. The van der Waals surface area contributed by atoms with E-state index in [2.05, 4.69) is 51.1 Å². The quantitative estimate of drug-likeness (QED) is 0.567. The molecule has 0 radical (unpaired) electrons. The molecule has 4 nitrogen and oxygen atoms in total. The molecule has 3 rings (SSSR count). The largest absolute Gasteiger partial charge is 0.482 e. The predicted molar refractivity (Wildman–Crippen MR) is 122 cm³/mol. The third-order valence-corrected chi connectivity index (χ3v) is 7.37. The molecule has 156 valence electrons. The summed E-state index contributed by atoms with van der Waals surface area (Å²) in [6, 6.07) is 26.5. The van der Waals surface area contributed by atoms with Gasteiger partial charge in [-0.25, -0.2) is 4.79 Å². The Morgan fingerprint density at radius 2 is 1.47 bits per heavy atom. The van der Waals surface area contributed by atoms with Crippen LogP contribution in [0.2, 0.25) is 0 Å². The van der Waals surface area contributed by atoms with Crippen molar-refractivity contribution in [1.29, 1.82) is 0 Å². The Bertz CT molecular complexity index is 926. The fraction of sp³-hybridized carbons (Fsp3) is 0.240. The molecule has 0 heterocycles. The zero-order valence-electron chi connectivity index (χ0n) is 17.7. The lowest BCUT2D eigenvalue weighted by molar-refractivity contribution is -0.139. The number of hydrogen-bond donors (Lipinski definition) is 1. The van der Waals surface area contributed by atoms with Gasteiger partial charge in [0.1, 0.15) is 5.75 Å². The lowest BCUT2D eigenvalue weighted by Crippen LogP contribution is -2.44. The van der Waals surface area contributed by atoms with E-state index in [-0.39, 0.29) is 12.0 Å². The molecule has 0 aliphatic heterocycles. The van der Waals surface area contributed by atoms with Crippen LogP contribution in [0.25, 0.3) is 0 Å². The lowest BCUT2D eigenvalue weighted by Gasteiger charge is -2.23. The van der Waals surface area contributed by atoms with E-state index in [1.165, 1.54) is 10.4 Å². The average molecular weight is 421 g/mol. The standard InChI is InChI=1S/C25H28O4Si/c1-25(2,3)20-14-15-23(28-18-24(26)27)19(16-20)17-29-30(21-10-6-4-7-11-21)22-12-8-5-9-13-22/h4-16,30H,17-18H2,1-3H3,(H,26,27). The minimum absolute atomic E-state index is 0.0320. The Kier molecular flexibility index (Phi) is 7.08. The second kappa shape index (κ2) is 9.74. The molecule has 30 heavy (non-hydrogen) atoms. The van der Waals surface area contributed by atoms with Crippen molar-refractivity contribution in [2.75, 3.05) is 6.61 Å². The number of carboxylic acid groups (broad SMARTS) is 1. The van der Waals surface area contributed by atoms with Gasteiger partial charge in [0.05, 0.1) is 6.61 Å². The molecule has 0 aliphatic rings. The number of rotatable bonds is 8. The van der Waals surface area contributed by atoms with Crippen molar-refractivity contribution in [3.05, 3.63) is 90.0 Å². The van der Waals surface area contributed by atoms with E-state index in [1.54, 1.807) is 0 Å². The van der Waals surface area contributed by atoms with Crippen molar-refractivity contribution in [2.45, 2.75) is 32.8 Å². The van der Waals surface area contributed by atoms with Gasteiger partial charge in [-0.1, -0.05) is 87.5 Å². The highest BCUT2D eigenvalue weighted by Crippen LogP contribution is 2.28. The van der Waals surface area contributed by atoms with Gasteiger partial charge in [-0.15, -0.1) is 0 Å². The number of aliphatic carboxylic acids is 1. The Morgan fingerprint density at radius 1 is 0.900 bits per heavy atom. The minimum Gasteiger partial charge on any atom is -0.482 e. The SMILES string of the molecule is CC(C)(C)c1ccc(OCC(=O)O)c(CO[SiH](c2ccccc2)c2ccccc2)c1. The first-order valence-corrected chi connectivity index (χ1v) is 11.7. The molecule has 0 unspecified atom stereocenters. The van der Waals surface area contributed by atoms with Crippen LogP contribution in [0.15, 0.2) is 78.9 Å². The van der Waals surface area contributed by atoms with Crippen LogP contribution in [0.5, 0.6) is 5.75 Å². The predicted octanol–water partition coefficient (Wildman–Crippen LogP) is 3.50. The van der Waals surface area contributed by atoms with Gasteiger partial charge in [0.25, 0.3) is 0 Å². The van der Waals surface area contributed by atoms with E-state index in [1.807, 2.05) is 48.5 Å². The number of benzene rings is 3. The van der Waals surface area contributed by atoms with Crippen LogP contribution in [0.3, 0.4) is 0 Å². The van der Waals surface area contributed by atoms with Crippen molar-refractivity contribution in [3.8, 4) is 5.75 Å². The first kappa shape index (κ1) is 21.8. The van der Waals surface area contributed by atoms with Gasteiger partial charge in [-0.3, -0.25) is 0 Å². The van der Waals surface area contributed by atoms with E-state index in [0.29, 0.717) is 12.4 Å². The van der Waals surface area contributed by atoms with E-state index < -0.39 is 15.0 Å². The smallest absolute Gasteiger partial charge is 0.341 e. The number of carbonyl (C=O) groups is 1. The van der Waals surface area contributed by atoms with Crippen LogP contribution in [0, 0.1) is 0 Å². The molecular weight excluding hydrogens is 392 g/mol. The second-order valence-electron chi connectivity index (χ2n) is 8.27. The van der Waals surface area contributed by atoms with Crippen LogP contribution in [0.4, 0.5) is 0 Å². The monoisotopic (exact) mass is 420 g/mol. The molecule has 5 heteroatoms. The summed E-state index contributed by atoms with van der Waals surface area (Å²) in [5.74, 6) is -0.443. The Labute approximate surface area is 179 Å². The van der Waals surface area contributed by atoms with E-state index in [0.717, 1.165) is 11.1 Å². The van der Waals surface area contributed by atoms with Crippen molar-refractivity contribution in [1.82, 2.24) is 0 Å². The molecule has 0 saturated heterocycles. The van der Waals surface area contributed by atoms with Crippen LogP contribution in [0.1, 0.15) is 31.9 Å². The minimum atomic E-state index is -1.91. The topological polar surface area (TPSA) is 55.8 Å². The summed E-state index contributed by atoms with van der Waals surface area (Å²) in [5, 5.41) is 11.4. The molecule has 0 aromatic heterocycles. The van der Waals surface area contributed by atoms with Gasteiger partial charge >= 0.3 is 5.97 Å². The molecule has 3 aromatic rings. The average Bonchev–Trinajstić information content (AvgIpc) is 2.73. The molecule has 0 fully saturated rings. The third-order valence-electron chi connectivity index (χ3n) is 4.89. The molecule has 0 saturated carbocycles. The van der Waals surface area contributed by atoms with Crippen molar-refractivity contribution < 1.29 is 19.1 Å². The summed E-state index contributed by atoms with van der Waals surface area (Å²) in [6.07, 6.45) is 0. The normalized spacial score (nSPS) is 11.5. The van der Waals surface area contributed by atoms with Gasteiger partial charge < -0.3 is 14.3 Å². The van der Waals surface area contributed by atoms with Crippen LogP contribution in [-0.2, 0) is 21.2 Å². The molecule has 0 amide bonds. The lowest BCUT2D eigenvalue weighted by atomic mass is 9.86. The first-order chi connectivity index (χ1) is 14.3. The molecule has 0 bridgehead atoms. The van der Waals surface area contributed by atoms with Gasteiger partial charge in [0.2, 0.25) is 9.04 Å².